The quantitative estimate of drug-likeness (QED) is 0.679. The van der Waals surface area contributed by atoms with E-state index in [1.807, 2.05) is 60.7 Å². The van der Waals surface area contributed by atoms with Gasteiger partial charge in [-0.25, -0.2) is 8.42 Å². The maximum Gasteiger partial charge on any atom is 0.236 e. The van der Waals surface area contributed by atoms with E-state index < -0.39 is 16.1 Å². The zero-order chi connectivity index (χ0) is 20.5. The third-order valence-electron chi connectivity index (χ3n) is 4.81. The minimum absolute atomic E-state index is 0.257. The van der Waals surface area contributed by atoms with Crippen molar-refractivity contribution in [3.63, 3.8) is 0 Å². The van der Waals surface area contributed by atoms with Crippen LogP contribution in [0.15, 0.2) is 66.1 Å². The van der Waals surface area contributed by atoms with Crippen LogP contribution in [0.4, 0.5) is 0 Å². The molecule has 1 aliphatic heterocycles. The molecule has 1 atom stereocenters. The van der Waals surface area contributed by atoms with Crippen LogP contribution < -0.4 is 0 Å². The summed E-state index contributed by atoms with van der Waals surface area (Å²) in [7, 11) is -3.44. The summed E-state index contributed by atoms with van der Waals surface area (Å²) in [6.07, 6.45) is 1.02. The Labute approximate surface area is 173 Å². The predicted octanol–water partition coefficient (Wildman–Crippen LogP) is 2.18. The summed E-state index contributed by atoms with van der Waals surface area (Å²) in [4.78, 5) is 2.07. The highest BCUT2D eigenvalue weighted by Crippen LogP contribution is 2.12. The van der Waals surface area contributed by atoms with E-state index in [0.29, 0.717) is 39.3 Å². The van der Waals surface area contributed by atoms with Gasteiger partial charge in [-0.05, 0) is 17.2 Å². The van der Waals surface area contributed by atoms with Crippen molar-refractivity contribution in [2.24, 2.45) is 0 Å². The van der Waals surface area contributed by atoms with E-state index in [2.05, 4.69) is 4.90 Å². The standard InChI is InChI=1S/C22H28N2O4S/c25-22(19-28-18-21-9-5-2-6-10-21)17-23-12-14-24(15-13-23)29(26,27)16-11-20-7-3-1-4-8-20/h1-11,16,22,25H,12-15,17-19H2. The first-order valence-electron chi connectivity index (χ1n) is 9.78. The van der Waals surface area contributed by atoms with Crippen LogP contribution in [0.25, 0.3) is 6.08 Å². The molecule has 0 radical (unpaired) electrons. The fourth-order valence-corrected chi connectivity index (χ4v) is 4.39. The largest absolute Gasteiger partial charge is 0.389 e. The van der Waals surface area contributed by atoms with Crippen LogP contribution in [0.2, 0.25) is 0 Å². The third-order valence-corrected chi connectivity index (χ3v) is 6.38. The van der Waals surface area contributed by atoms with Crippen molar-refractivity contribution in [2.75, 3.05) is 39.3 Å². The van der Waals surface area contributed by atoms with E-state index in [0.717, 1.165) is 11.1 Å². The zero-order valence-electron chi connectivity index (χ0n) is 16.4. The highest BCUT2D eigenvalue weighted by Gasteiger charge is 2.25. The lowest BCUT2D eigenvalue weighted by Gasteiger charge is -2.34. The molecule has 29 heavy (non-hydrogen) atoms. The van der Waals surface area contributed by atoms with Crippen LogP contribution in [0.1, 0.15) is 11.1 Å². The number of ether oxygens (including phenoxy) is 1. The molecule has 1 unspecified atom stereocenters. The molecule has 0 aliphatic carbocycles. The molecule has 1 aliphatic rings. The van der Waals surface area contributed by atoms with Gasteiger partial charge in [-0.1, -0.05) is 60.7 Å². The first-order valence-corrected chi connectivity index (χ1v) is 11.3. The van der Waals surface area contributed by atoms with Gasteiger partial charge in [0.05, 0.1) is 19.3 Å². The zero-order valence-corrected chi connectivity index (χ0v) is 17.2. The van der Waals surface area contributed by atoms with Crippen molar-refractivity contribution in [1.82, 2.24) is 9.21 Å². The van der Waals surface area contributed by atoms with E-state index in [1.54, 1.807) is 6.08 Å². The number of nitrogens with zero attached hydrogens (tertiary/aromatic N) is 2. The maximum absolute atomic E-state index is 12.5. The van der Waals surface area contributed by atoms with Gasteiger partial charge in [-0.2, -0.15) is 4.31 Å². The van der Waals surface area contributed by atoms with Crippen molar-refractivity contribution in [3.8, 4) is 0 Å². The Hall–Kier alpha value is -2.03. The molecular weight excluding hydrogens is 388 g/mol. The number of rotatable bonds is 9. The second-order valence-corrected chi connectivity index (χ2v) is 8.93. The number of aliphatic hydroxyl groups excluding tert-OH is 1. The van der Waals surface area contributed by atoms with E-state index in [9.17, 15) is 13.5 Å². The van der Waals surface area contributed by atoms with Crippen molar-refractivity contribution >= 4 is 16.1 Å². The molecule has 0 bridgehead atoms. The summed E-state index contributed by atoms with van der Waals surface area (Å²) in [5.41, 5.74) is 1.93. The summed E-state index contributed by atoms with van der Waals surface area (Å²) < 4.78 is 32.1. The molecule has 1 fully saturated rings. The van der Waals surface area contributed by atoms with Crippen LogP contribution in [0.5, 0.6) is 0 Å². The topological polar surface area (TPSA) is 70.1 Å². The Bertz CT molecular complexity index is 864. The average Bonchev–Trinajstić information content (AvgIpc) is 2.74. The molecule has 2 aromatic rings. The summed E-state index contributed by atoms with van der Waals surface area (Å²) in [6, 6.07) is 19.2. The van der Waals surface area contributed by atoms with Gasteiger partial charge in [0.25, 0.3) is 0 Å². The lowest BCUT2D eigenvalue weighted by molar-refractivity contribution is 0.00543. The summed E-state index contributed by atoms with van der Waals surface area (Å²) in [5.74, 6) is 0. The molecule has 7 heteroatoms. The van der Waals surface area contributed by atoms with E-state index in [4.69, 9.17) is 4.74 Å². The number of β-amino-alcohol motifs (C(OH)–C–C–N with tert-alkyl or cyclic N) is 1. The molecule has 2 aromatic carbocycles. The Morgan fingerprint density at radius 1 is 0.966 bits per heavy atom. The minimum Gasteiger partial charge on any atom is -0.389 e. The SMILES string of the molecule is O=S(=O)(C=Cc1ccccc1)N1CCN(CC(O)COCc2ccccc2)CC1. The average molecular weight is 417 g/mol. The van der Waals surface area contributed by atoms with Crippen LogP contribution >= 0.6 is 0 Å². The molecule has 1 saturated heterocycles. The Balaban J connectivity index is 1.39. The number of hydrogen-bond donors (Lipinski definition) is 1. The number of benzene rings is 2. The van der Waals surface area contributed by atoms with Crippen LogP contribution in [0.3, 0.4) is 0 Å². The fraction of sp³-hybridized carbons (Fsp3) is 0.364. The smallest absolute Gasteiger partial charge is 0.236 e. The van der Waals surface area contributed by atoms with Gasteiger partial charge in [0.15, 0.2) is 0 Å². The van der Waals surface area contributed by atoms with Gasteiger partial charge in [0, 0.05) is 38.1 Å². The Morgan fingerprint density at radius 3 is 2.24 bits per heavy atom. The van der Waals surface area contributed by atoms with E-state index in [-0.39, 0.29) is 6.61 Å². The predicted molar refractivity (Wildman–Crippen MR) is 115 cm³/mol. The monoisotopic (exact) mass is 416 g/mol. The fourth-order valence-electron chi connectivity index (χ4n) is 3.22. The number of sulfonamides is 1. The lowest BCUT2D eigenvalue weighted by atomic mass is 10.2. The molecule has 0 amide bonds. The van der Waals surface area contributed by atoms with E-state index >= 15 is 0 Å². The van der Waals surface area contributed by atoms with Crippen molar-refractivity contribution in [3.05, 3.63) is 77.2 Å². The van der Waals surface area contributed by atoms with E-state index in [1.165, 1.54) is 9.71 Å². The number of hydrogen-bond acceptors (Lipinski definition) is 5. The second kappa shape index (κ2) is 10.7. The molecule has 0 aromatic heterocycles. The van der Waals surface area contributed by atoms with Crippen LogP contribution in [-0.2, 0) is 21.4 Å². The molecule has 0 spiro atoms. The van der Waals surface area contributed by atoms with Gasteiger partial charge >= 0.3 is 0 Å². The number of aliphatic hydroxyl groups is 1. The third kappa shape index (κ3) is 7.06. The number of piperazine rings is 1. The van der Waals surface area contributed by atoms with Crippen molar-refractivity contribution < 1.29 is 18.3 Å². The van der Waals surface area contributed by atoms with Gasteiger partial charge in [0.1, 0.15) is 0 Å². The highest BCUT2D eigenvalue weighted by atomic mass is 32.2. The summed E-state index contributed by atoms with van der Waals surface area (Å²) in [5, 5.41) is 11.5. The normalized spacial score (nSPS) is 17.6. The molecule has 156 valence electrons. The lowest BCUT2D eigenvalue weighted by Crippen LogP contribution is -2.50. The van der Waals surface area contributed by atoms with Crippen LogP contribution in [-0.4, -0.2) is 68.2 Å². The van der Waals surface area contributed by atoms with Gasteiger partial charge < -0.3 is 9.84 Å². The highest BCUT2D eigenvalue weighted by molar-refractivity contribution is 7.92. The molecule has 6 nitrogen and oxygen atoms in total. The van der Waals surface area contributed by atoms with Gasteiger partial charge in [-0.15, -0.1) is 0 Å². The van der Waals surface area contributed by atoms with Gasteiger partial charge in [-0.3, -0.25) is 4.90 Å². The summed E-state index contributed by atoms with van der Waals surface area (Å²) in [6.45, 7) is 3.22. The molecule has 3 rings (SSSR count). The first-order chi connectivity index (χ1) is 14.0. The summed E-state index contributed by atoms with van der Waals surface area (Å²) >= 11 is 0. The van der Waals surface area contributed by atoms with Crippen molar-refractivity contribution in [2.45, 2.75) is 12.7 Å². The first kappa shape index (κ1) is 21.7. The minimum atomic E-state index is -3.44. The Morgan fingerprint density at radius 2 is 1.59 bits per heavy atom. The second-order valence-electron chi connectivity index (χ2n) is 7.11. The molecule has 0 saturated carbocycles. The molecular formula is C22H28N2O4S. The van der Waals surface area contributed by atoms with Crippen LogP contribution in [0, 0.1) is 0 Å². The maximum atomic E-state index is 12.5. The molecule has 1 heterocycles. The molecule has 1 N–H and O–H groups in total. The van der Waals surface area contributed by atoms with Crippen molar-refractivity contribution in [1.29, 1.82) is 0 Å². The Kier molecular flexibility index (Phi) is 7.97. The van der Waals surface area contributed by atoms with Gasteiger partial charge in [0.2, 0.25) is 10.0 Å².